The number of carbonyl (C=O) groups is 1. The van der Waals surface area contributed by atoms with Crippen molar-refractivity contribution in [3.8, 4) is 0 Å². The van der Waals surface area contributed by atoms with Gasteiger partial charge >= 0.3 is 0 Å². The molecule has 116 valence electrons. The van der Waals surface area contributed by atoms with Crippen LogP contribution in [-0.2, 0) is 11.3 Å². The van der Waals surface area contributed by atoms with Crippen molar-refractivity contribution in [3.05, 3.63) is 75.0 Å². The number of halogens is 1. The normalized spacial score (nSPS) is 10.7. The highest BCUT2D eigenvalue weighted by Crippen LogP contribution is 2.18. The molecule has 1 amide bonds. The van der Waals surface area contributed by atoms with E-state index < -0.39 is 0 Å². The number of hydrogen-bond acceptors (Lipinski definition) is 2. The number of anilines is 1. The second-order valence-corrected chi connectivity index (χ2v) is 6.23. The van der Waals surface area contributed by atoms with E-state index in [2.05, 4.69) is 21.2 Å². The summed E-state index contributed by atoms with van der Waals surface area (Å²) >= 11 is 3.38. The number of para-hydroxylation sites is 1. The summed E-state index contributed by atoms with van der Waals surface area (Å²) in [5, 5.41) is 3.46. The average Bonchev–Trinajstić information content (AvgIpc) is 2.52. The van der Waals surface area contributed by atoms with Crippen LogP contribution in [0.4, 0.5) is 5.69 Å². The van der Waals surface area contributed by atoms with Crippen LogP contribution in [0.2, 0.25) is 0 Å². The maximum absolute atomic E-state index is 12.3. The lowest BCUT2D eigenvalue weighted by Gasteiger charge is -2.14. The number of amides is 1. The number of hydrogen-bond donors (Lipinski definition) is 1. The minimum Gasteiger partial charge on any atom is -0.335 e. The lowest BCUT2D eigenvalue weighted by molar-refractivity contribution is -0.116. The van der Waals surface area contributed by atoms with Crippen LogP contribution in [0.25, 0.3) is 10.9 Å². The Labute approximate surface area is 141 Å². The highest BCUT2D eigenvalue weighted by molar-refractivity contribution is 9.10. The van der Waals surface area contributed by atoms with Gasteiger partial charge in [-0.15, -0.1) is 0 Å². The summed E-state index contributed by atoms with van der Waals surface area (Å²) in [4.78, 5) is 24.5. The number of aromatic nitrogens is 1. The Kier molecular flexibility index (Phi) is 4.30. The van der Waals surface area contributed by atoms with E-state index in [1.165, 1.54) is 0 Å². The van der Waals surface area contributed by atoms with Crippen LogP contribution in [0, 0.1) is 6.92 Å². The fourth-order valence-electron chi connectivity index (χ4n) is 2.55. The summed E-state index contributed by atoms with van der Waals surface area (Å²) in [5.41, 5.74) is 2.22. The van der Waals surface area contributed by atoms with Crippen molar-refractivity contribution in [2.75, 3.05) is 5.32 Å². The molecule has 0 aliphatic carbocycles. The van der Waals surface area contributed by atoms with Gasteiger partial charge in [-0.25, -0.2) is 0 Å². The zero-order chi connectivity index (χ0) is 16.4. The molecule has 0 aliphatic heterocycles. The van der Waals surface area contributed by atoms with Gasteiger partial charge in [-0.1, -0.05) is 34.1 Å². The van der Waals surface area contributed by atoms with Gasteiger partial charge in [0.1, 0.15) is 6.54 Å². The Morgan fingerprint density at radius 2 is 1.87 bits per heavy atom. The monoisotopic (exact) mass is 370 g/mol. The second-order valence-electron chi connectivity index (χ2n) is 5.31. The molecular weight excluding hydrogens is 356 g/mol. The zero-order valence-electron chi connectivity index (χ0n) is 12.5. The molecule has 0 saturated carbocycles. The third-order valence-electron chi connectivity index (χ3n) is 3.64. The minimum atomic E-state index is -0.132. The fourth-order valence-corrected chi connectivity index (χ4v) is 2.91. The first-order chi connectivity index (χ1) is 11.0. The number of carbonyl (C=O) groups excluding carboxylic acids is 1. The maximum Gasteiger partial charge on any atom is 0.244 e. The van der Waals surface area contributed by atoms with Crippen molar-refractivity contribution >= 4 is 38.4 Å². The van der Waals surface area contributed by atoms with E-state index >= 15 is 0 Å². The number of fused-ring (bicyclic) bond motifs is 1. The summed E-state index contributed by atoms with van der Waals surface area (Å²) in [7, 11) is 0. The predicted molar refractivity (Wildman–Crippen MR) is 95.7 cm³/mol. The van der Waals surface area contributed by atoms with Crippen LogP contribution in [0.15, 0.2) is 63.9 Å². The molecule has 3 aromatic rings. The van der Waals surface area contributed by atoms with Gasteiger partial charge in [0.25, 0.3) is 0 Å². The first-order valence-electron chi connectivity index (χ1n) is 7.19. The van der Waals surface area contributed by atoms with Gasteiger partial charge in [0.15, 0.2) is 5.43 Å². The first kappa shape index (κ1) is 15.5. The molecule has 0 unspecified atom stereocenters. The fraction of sp³-hybridized carbons (Fsp3) is 0.111. The van der Waals surface area contributed by atoms with E-state index in [4.69, 9.17) is 0 Å². The van der Waals surface area contributed by atoms with Crippen LogP contribution < -0.4 is 10.7 Å². The Bertz CT molecular complexity index is 933. The molecule has 1 heterocycles. The van der Waals surface area contributed by atoms with Crippen LogP contribution in [0.3, 0.4) is 0 Å². The van der Waals surface area contributed by atoms with Crippen LogP contribution in [0.5, 0.6) is 0 Å². The molecule has 0 radical (unpaired) electrons. The average molecular weight is 371 g/mol. The third kappa shape index (κ3) is 3.35. The van der Waals surface area contributed by atoms with Crippen molar-refractivity contribution in [1.82, 2.24) is 4.57 Å². The lowest BCUT2D eigenvalue weighted by atomic mass is 10.2. The molecule has 1 N–H and O–H groups in total. The van der Waals surface area contributed by atoms with E-state index in [9.17, 15) is 9.59 Å². The Morgan fingerprint density at radius 3 is 2.61 bits per heavy atom. The van der Waals surface area contributed by atoms with Gasteiger partial charge in [-0.05, 0) is 37.3 Å². The Balaban J connectivity index is 1.96. The van der Waals surface area contributed by atoms with Gasteiger partial charge in [-0.2, -0.15) is 0 Å². The number of pyridine rings is 1. The summed E-state index contributed by atoms with van der Waals surface area (Å²) < 4.78 is 2.69. The number of rotatable bonds is 3. The van der Waals surface area contributed by atoms with Gasteiger partial charge in [0.05, 0.1) is 5.52 Å². The summed E-state index contributed by atoms with van der Waals surface area (Å²) in [6.07, 6.45) is 0. The molecule has 0 bridgehead atoms. The molecule has 2 aromatic carbocycles. The summed E-state index contributed by atoms with van der Waals surface area (Å²) in [6, 6.07) is 16.4. The highest BCUT2D eigenvalue weighted by atomic mass is 79.9. The van der Waals surface area contributed by atoms with Crippen molar-refractivity contribution in [1.29, 1.82) is 0 Å². The topological polar surface area (TPSA) is 51.1 Å². The standard InChI is InChI=1S/C18H15BrN2O2/c1-12-9-17(22)15-10-13(19)7-8-16(15)21(12)11-18(23)20-14-5-3-2-4-6-14/h2-10H,11H2,1H3,(H,20,23). The Morgan fingerprint density at radius 1 is 1.13 bits per heavy atom. The summed E-state index contributed by atoms with van der Waals surface area (Å²) in [5.74, 6) is -0.132. The van der Waals surface area contributed by atoms with Crippen molar-refractivity contribution in [2.45, 2.75) is 13.5 Å². The van der Waals surface area contributed by atoms with E-state index in [0.717, 1.165) is 21.4 Å². The van der Waals surface area contributed by atoms with Gasteiger partial charge in [0, 0.05) is 27.3 Å². The van der Waals surface area contributed by atoms with Gasteiger partial charge in [-0.3, -0.25) is 9.59 Å². The first-order valence-corrected chi connectivity index (χ1v) is 7.98. The molecule has 3 rings (SSSR count). The Hall–Kier alpha value is -2.40. The summed E-state index contributed by atoms with van der Waals surface area (Å²) in [6.45, 7) is 1.98. The number of nitrogens with one attached hydrogen (secondary N) is 1. The second kappa shape index (κ2) is 6.38. The van der Waals surface area contributed by atoms with Crippen LogP contribution >= 0.6 is 15.9 Å². The molecule has 4 nitrogen and oxygen atoms in total. The number of nitrogens with zero attached hydrogens (tertiary/aromatic N) is 1. The smallest absolute Gasteiger partial charge is 0.244 e. The molecule has 5 heteroatoms. The molecule has 23 heavy (non-hydrogen) atoms. The van der Waals surface area contributed by atoms with E-state index in [0.29, 0.717) is 5.39 Å². The molecule has 0 saturated heterocycles. The number of aryl methyl sites for hydroxylation is 1. The number of benzene rings is 2. The quantitative estimate of drug-likeness (QED) is 0.763. The van der Waals surface area contributed by atoms with Crippen molar-refractivity contribution < 1.29 is 4.79 Å². The third-order valence-corrected chi connectivity index (χ3v) is 4.13. The molecule has 0 spiro atoms. The maximum atomic E-state index is 12.3. The lowest BCUT2D eigenvalue weighted by Crippen LogP contribution is -2.22. The predicted octanol–water partition coefficient (Wildman–Crippen LogP) is 3.71. The van der Waals surface area contributed by atoms with Crippen LogP contribution in [0.1, 0.15) is 5.69 Å². The highest BCUT2D eigenvalue weighted by Gasteiger charge is 2.10. The molecular formula is C18H15BrN2O2. The zero-order valence-corrected chi connectivity index (χ0v) is 14.1. The van der Waals surface area contributed by atoms with E-state index in [1.54, 1.807) is 12.1 Å². The molecule has 1 aromatic heterocycles. The minimum absolute atomic E-state index is 0.0430. The molecule has 0 fully saturated rings. The molecule has 0 atom stereocenters. The van der Waals surface area contributed by atoms with Gasteiger partial charge in [0.2, 0.25) is 5.91 Å². The van der Waals surface area contributed by atoms with Crippen LogP contribution in [-0.4, -0.2) is 10.5 Å². The molecule has 0 aliphatic rings. The van der Waals surface area contributed by atoms with E-state index in [-0.39, 0.29) is 17.9 Å². The van der Waals surface area contributed by atoms with Gasteiger partial charge < -0.3 is 9.88 Å². The van der Waals surface area contributed by atoms with E-state index in [1.807, 2.05) is 54.0 Å². The van der Waals surface area contributed by atoms with Crippen molar-refractivity contribution in [3.63, 3.8) is 0 Å². The van der Waals surface area contributed by atoms with Crippen molar-refractivity contribution in [2.24, 2.45) is 0 Å². The SMILES string of the molecule is Cc1cc(=O)c2cc(Br)ccc2n1CC(=O)Nc1ccccc1. The largest absolute Gasteiger partial charge is 0.335 e.